The third-order valence-electron chi connectivity index (χ3n) is 9.58. The van der Waals surface area contributed by atoms with Gasteiger partial charge in [-0.05, 0) is 64.9 Å². The van der Waals surface area contributed by atoms with Crippen molar-refractivity contribution in [3.63, 3.8) is 0 Å². The number of fused-ring (bicyclic) bond motifs is 2. The van der Waals surface area contributed by atoms with E-state index in [0.29, 0.717) is 25.7 Å². The van der Waals surface area contributed by atoms with E-state index in [4.69, 9.17) is 14.2 Å². The van der Waals surface area contributed by atoms with Crippen molar-refractivity contribution in [2.45, 2.75) is 101 Å². The molecule has 3 fully saturated rings. The molecular formula is C36H50FN5O10S. The quantitative estimate of drug-likeness (QED) is 0.311. The lowest BCUT2D eigenvalue weighted by molar-refractivity contribution is -0.142. The number of rotatable bonds is 5. The van der Waals surface area contributed by atoms with Gasteiger partial charge in [-0.1, -0.05) is 31.2 Å². The third-order valence-corrected chi connectivity index (χ3v) is 11.4. The zero-order valence-corrected chi connectivity index (χ0v) is 31.4. The molecule has 2 N–H and O–H groups in total. The summed E-state index contributed by atoms with van der Waals surface area (Å²) in [5.74, 6) is -4.45. The van der Waals surface area contributed by atoms with E-state index in [9.17, 15) is 36.8 Å². The third kappa shape index (κ3) is 10.7. The van der Waals surface area contributed by atoms with Crippen molar-refractivity contribution in [2.24, 2.45) is 22.7 Å². The van der Waals surface area contributed by atoms with E-state index in [1.165, 1.54) is 15.9 Å². The average Bonchev–Trinajstić information content (AvgIpc) is 3.99. The van der Waals surface area contributed by atoms with Gasteiger partial charge in [0.1, 0.15) is 29.1 Å². The molecule has 0 radical (unpaired) electrons. The number of hydrogen-bond donors (Lipinski definition) is 2. The first-order valence-corrected chi connectivity index (χ1v) is 19.7. The Labute approximate surface area is 309 Å². The van der Waals surface area contributed by atoms with Crippen LogP contribution >= 0.6 is 0 Å². The Morgan fingerprint density at radius 2 is 1.92 bits per heavy atom. The Balaban J connectivity index is 1.42. The summed E-state index contributed by atoms with van der Waals surface area (Å²) in [6, 6.07) is -1.27. The molecular weight excluding hydrogens is 713 g/mol. The molecule has 5 rings (SSSR count). The highest BCUT2D eigenvalue weighted by atomic mass is 32.2. The van der Waals surface area contributed by atoms with E-state index in [0.717, 1.165) is 6.21 Å². The topological polar surface area (TPSA) is 190 Å². The highest BCUT2D eigenvalue weighted by Gasteiger charge is 2.62. The molecule has 2 aliphatic carbocycles. The van der Waals surface area contributed by atoms with E-state index in [1.54, 1.807) is 39.0 Å². The summed E-state index contributed by atoms with van der Waals surface area (Å²) in [7, 11) is -3.94. The van der Waals surface area contributed by atoms with E-state index in [-0.39, 0.29) is 58.0 Å². The minimum absolute atomic E-state index is 0.0264. The fourth-order valence-corrected chi connectivity index (χ4v) is 7.87. The molecule has 6 atom stereocenters. The molecule has 15 nitrogen and oxygen atoms in total. The Morgan fingerprint density at radius 1 is 1.17 bits per heavy atom. The van der Waals surface area contributed by atoms with E-state index in [2.05, 4.69) is 15.0 Å². The summed E-state index contributed by atoms with van der Waals surface area (Å²) in [6.45, 7) is 6.99. The van der Waals surface area contributed by atoms with Gasteiger partial charge in [-0.3, -0.25) is 19.1 Å². The average molecular weight is 764 g/mol. The van der Waals surface area contributed by atoms with Gasteiger partial charge in [-0.25, -0.2) is 22.4 Å². The van der Waals surface area contributed by atoms with Crippen LogP contribution < -0.4 is 10.0 Å². The summed E-state index contributed by atoms with van der Waals surface area (Å²) in [6.07, 6.45) is 8.66. The minimum Gasteiger partial charge on any atom is -0.444 e. The smallest absolute Gasteiger partial charge is 0.433 e. The molecule has 2 unspecified atom stereocenters. The Bertz CT molecular complexity index is 1670. The molecule has 5 amide bonds. The SMILES string of the molecule is CC1/C=C\C=C(\F)CCN(C(=O)O[C@@H]2C[C@H]3C(=O)N[C@]4(C(=O)NS(=O)(=O)C5CC5)C[C@H]4/C=C\CCCOCC(C=NC(=O)OC(C)(C)C)C(=O)N3C2)C1. The summed E-state index contributed by atoms with van der Waals surface area (Å²) in [4.78, 5) is 74.4. The molecule has 3 heterocycles. The maximum Gasteiger partial charge on any atom is 0.433 e. The molecule has 0 aromatic rings. The number of allylic oxidation sites excluding steroid dienone is 3. The zero-order chi connectivity index (χ0) is 38.6. The summed E-state index contributed by atoms with van der Waals surface area (Å²) >= 11 is 0. The van der Waals surface area contributed by atoms with Crippen LogP contribution in [0.15, 0.2) is 41.2 Å². The number of sulfonamides is 1. The summed E-state index contributed by atoms with van der Waals surface area (Å²) in [5, 5.41) is 2.09. The summed E-state index contributed by atoms with van der Waals surface area (Å²) in [5.41, 5.74) is -2.43. The molecule has 0 aromatic carbocycles. The number of carbonyl (C=O) groups is 5. The lowest BCUT2D eigenvalue weighted by Gasteiger charge is -2.28. The van der Waals surface area contributed by atoms with Gasteiger partial charge in [-0.15, -0.1) is 0 Å². The van der Waals surface area contributed by atoms with E-state index >= 15 is 0 Å². The molecule has 53 heavy (non-hydrogen) atoms. The molecule has 292 valence electrons. The van der Waals surface area contributed by atoms with Gasteiger partial charge in [0.2, 0.25) is 21.8 Å². The first-order chi connectivity index (χ1) is 25.0. The van der Waals surface area contributed by atoms with Crippen molar-refractivity contribution in [3.8, 4) is 0 Å². The number of hydrogen-bond acceptors (Lipinski definition) is 10. The van der Waals surface area contributed by atoms with Crippen LogP contribution in [-0.2, 0) is 38.6 Å². The van der Waals surface area contributed by atoms with Crippen molar-refractivity contribution in [1.82, 2.24) is 19.8 Å². The van der Waals surface area contributed by atoms with Gasteiger partial charge >= 0.3 is 12.2 Å². The molecule has 2 saturated carbocycles. The van der Waals surface area contributed by atoms with Crippen molar-refractivity contribution < 1.29 is 51.0 Å². The number of ether oxygens (including phenoxy) is 3. The highest BCUT2D eigenvalue weighted by Crippen LogP contribution is 2.46. The number of nitrogens with zero attached hydrogens (tertiary/aromatic N) is 3. The molecule has 17 heteroatoms. The second-order valence-corrected chi connectivity index (χ2v) is 17.3. The first kappa shape index (κ1) is 40.1. The number of halogens is 1. The lowest BCUT2D eigenvalue weighted by atomic mass is 10.1. The molecule has 1 saturated heterocycles. The van der Waals surface area contributed by atoms with Gasteiger partial charge in [-0.2, -0.15) is 4.99 Å². The predicted octanol–water partition coefficient (Wildman–Crippen LogP) is 3.32. The van der Waals surface area contributed by atoms with Crippen LogP contribution in [0.5, 0.6) is 0 Å². The van der Waals surface area contributed by atoms with Crippen LogP contribution in [0.25, 0.3) is 0 Å². The number of aliphatic imine (C=N–C) groups is 1. The van der Waals surface area contributed by atoms with E-state index < -0.39 is 86.1 Å². The van der Waals surface area contributed by atoms with Crippen LogP contribution in [0, 0.1) is 17.8 Å². The second kappa shape index (κ2) is 16.5. The van der Waals surface area contributed by atoms with Crippen molar-refractivity contribution in [3.05, 3.63) is 36.2 Å². The molecule has 3 aliphatic heterocycles. The van der Waals surface area contributed by atoms with Gasteiger partial charge < -0.3 is 29.3 Å². The van der Waals surface area contributed by atoms with Gasteiger partial charge in [0, 0.05) is 44.7 Å². The number of nitrogens with one attached hydrogen (secondary N) is 2. The molecule has 0 bridgehead atoms. The monoisotopic (exact) mass is 763 g/mol. The number of amides is 5. The standard InChI is InChI=1S/C36H50FN5O10S/c1-23-9-8-11-26(37)14-15-41(20-23)34(47)51-27-17-29-30(43)39-36(32(45)40-53(48,49)28-12-13-28)18-25(36)10-6-5-7-16-50-22-24(31(44)42(29)21-27)19-38-33(46)52-35(2,3)4/h6,8-11,19,23-25,27-29H,5,7,12-18,20-22H2,1-4H3,(H,39,43)(H,40,45)/b9-8-,10-6-,26-11+,38-19?/t23?,24?,25-,27-,29+,36-/m1/s1. The van der Waals surface area contributed by atoms with Crippen LogP contribution in [-0.4, -0.2) is 116 Å². The van der Waals surface area contributed by atoms with Crippen LogP contribution in [0.4, 0.5) is 14.0 Å². The highest BCUT2D eigenvalue weighted by molar-refractivity contribution is 7.91. The second-order valence-electron chi connectivity index (χ2n) is 15.4. The van der Waals surface area contributed by atoms with Crippen LogP contribution in [0.2, 0.25) is 0 Å². The Hall–Kier alpha value is -4.12. The Kier molecular flexibility index (Phi) is 12.5. The van der Waals surface area contributed by atoms with Crippen molar-refractivity contribution in [2.75, 3.05) is 32.8 Å². The first-order valence-electron chi connectivity index (χ1n) is 18.2. The fourth-order valence-electron chi connectivity index (χ4n) is 6.50. The Morgan fingerprint density at radius 3 is 2.64 bits per heavy atom. The maximum atomic E-state index is 14.3. The van der Waals surface area contributed by atoms with Crippen LogP contribution in [0.1, 0.15) is 72.6 Å². The fraction of sp³-hybridized carbons (Fsp3) is 0.667. The van der Waals surface area contributed by atoms with Crippen LogP contribution in [0.3, 0.4) is 0 Å². The van der Waals surface area contributed by atoms with Crippen molar-refractivity contribution >= 4 is 46.1 Å². The molecule has 0 aromatic heterocycles. The van der Waals surface area contributed by atoms with Gasteiger partial charge in [0.05, 0.1) is 24.3 Å². The molecule has 0 spiro atoms. The lowest BCUT2D eigenvalue weighted by Crippen LogP contribution is -2.57. The number of carbonyl (C=O) groups excluding carboxylic acids is 5. The van der Waals surface area contributed by atoms with E-state index in [1.807, 2.05) is 13.0 Å². The van der Waals surface area contributed by atoms with Gasteiger partial charge in [0.25, 0.3) is 5.91 Å². The predicted molar refractivity (Wildman–Crippen MR) is 191 cm³/mol. The summed E-state index contributed by atoms with van der Waals surface area (Å²) < 4.78 is 58.8. The largest absolute Gasteiger partial charge is 0.444 e. The molecule has 5 aliphatic rings. The normalized spacial score (nSPS) is 32.5. The minimum atomic E-state index is -3.94. The zero-order valence-electron chi connectivity index (χ0n) is 30.6. The van der Waals surface area contributed by atoms with Crippen molar-refractivity contribution in [1.29, 1.82) is 0 Å². The van der Waals surface area contributed by atoms with Gasteiger partial charge in [0.15, 0.2) is 0 Å². The maximum absolute atomic E-state index is 14.3.